The highest BCUT2D eigenvalue weighted by atomic mass is 16.4. The van der Waals surface area contributed by atoms with Gasteiger partial charge in [-0.25, -0.2) is 4.79 Å². The molecule has 3 aromatic rings. The van der Waals surface area contributed by atoms with Crippen molar-refractivity contribution in [3.63, 3.8) is 0 Å². The van der Waals surface area contributed by atoms with E-state index in [9.17, 15) is 15.0 Å². The van der Waals surface area contributed by atoms with Crippen LogP contribution in [0.4, 0.5) is 0 Å². The van der Waals surface area contributed by atoms with Crippen LogP contribution in [0, 0.1) is 0 Å². The average molecular weight is 312 g/mol. The Balaban J connectivity index is 2.21. The van der Waals surface area contributed by atoms with E-state index in [0.717, 1.165) is 5.56 Å². The third kappa shape index (κ3) is 2.90. The van der Waals surface area contributed by atoms with Gasteiger partial charge in [-0.1, -0.05) is 30.3 Å². The standard InChI is InChI=1S/C18H16O5/c19-8-11-1-3-13(4-2-11)16-7-15-14(10-21)5-12(9-20)6-17(15)23-18(16)22/h1-7,19-21H,8-10H2. The fourth-order valence-corrected chi connectivity index (χ4v) is 2.57. The number of hydrogen-bond acceptors (Lipinski definition) is 5. The zero-order valence-corrected chi connectivity index (χ0v) is 12.3. The number of fused-ring (bicyclic) bond motifs is 1. The van der Waals surface area contributed by atoms with Crippen molar-refractivity contribution in [3.8, 4) is 11.1 Å². The molecule has 3 rings (SSSR count). The minimum atomic E-state index is -0.492. The Labute approximate surface area is 132 Å². The van der Waals surface area contributed by atoms with Gasteiger partial charge in [0.15, 0.2) is 0 Å². The Morgan fingerprint density at radius 3 is 2.13 bits per heavy atom. The third-order valence-electron chi connectivity index (χ3n) is 3.80. The first-order valence-corrected chi connectivity index (χ1v) is 7.18. The van der Waals surface area contributed by atoms with Gasteiger partial charge in [-0.2, -0.15) is 0 Å². The number of aliphatic hydroxyl groups is 3. The van der Waals surface area contributed by atoms with Crippen molar-refractivity contribution < 1.29 is 19.7 Å². The number of aliphatic hydroxyl groups excluding tert-OH is 3. The second-order valence-corrected chi connectivity index (χ2v) is 5.29. The lowest BCUT2D eigenvalue weighted by atomic mass is 10.0. The molecular weight excluding hydrogens is 296 g/mol. The van der Waals surface area contributed by atoms with Crippen LogP contribution in [-0.2, 0) is 19.8 Å². The molecule has 0 amide bonds. The normalized spacial score (nSPS) is 11.1. The van der Waals surface area contributed by atoms with Gasteiger partial charge in [0.05, 0.1) is 25.4 Å². The lowest BCUT2D eigenvalue weighted by Crippen LogP contribution is -2.04. The second-order valence-electron chi connectivity index (χ2n) is 5.29. The topological polar surface area (TPSA) is 90.9 Å². The van der Waals surface area contributed by atoms with Crippen molar-refractivity contribution in [1.29, 1.82) is 0 Å². The quantitative estimate of drug-likeness (QED) is 0.640. The van der Waals surface area contributed by atoms with E-state index in [0.29, 0.717) is 33.2 Å². The molecule has 23 heavy (non-hydrogen) atoms. The predicted molar refractivity (Wildman–Crippen MR) is 85.7 cm³/mol. The summed E-state index contributed by atoms with van der Waals surface area (Å²) < 4.78 is 5.36. The Kier molecular flexibility index (Phi) is 4.25. The van der Waals surface area contributed by atoms with Crippen LogP contribution in [0.25, 0.3) is 22.1 Å². The van der Waals surface area contributed by atoms with Crippen LogP contribution < -0.4 is 5.63 Å². The molecule has 2 aromatic carbocycles. The molecule has 0 saturated carbocycles. The van der Waals surface area contributed by atoms with E-state index in [2.05, 4.69) is 0 Å². The summed E-state index contributed by atoms with van der Waals surface area (Å²) in [4.78, 5) is 12.2. The molecule has 0 radical (unpaired) electrons. The molecule has 0 atom stereocenters. The molecule has 3 N–H and O–H groups in total. The van der Waals surface area contributed by atoms with E-state index < -0.39 is 5.63 Å². The van der Waals surface area contributed by atoms with Crippen molar-refractivity contribution in [2.75, 3.05) is 0 Å². The first-order valence-electron chi connectivity index (χ1n) is 7.18. The lowest BCUT2D eigenvalue weighted by Gasteiger charge is -2.08. The average Bonchev–Trinajstić information content (AvgIpc) is 2.60. The van der Waals surface area contributed by atoms with E-state index >= 15 is 0 Å². The van der Waals surface area contributed by atoms with Crippen LogP contribution in [-0.4, -0.2) is 15.3 Å². The maximum Gasteiger partial charge on any atom is 0.344 e. The molecule has 0 saturated heterocycles. The summed E-state index contributed by atoms with van der Waals surface area (Å²) in [6.45, 7) is -0.483. The van der Waals surface area contributed by atoms with Crippen LogP contribution >= 0.6 is 0 Å². The minimum absolute atomic E-state index is 0.0643. The van der Waals surface area contributed by atoms with Crippen molar-refractivity contribution in [3.05, 3.63) is 69.6 Å². The van der Waals surface area contributed by atoms with Gasteiger partial charge in [0.2, 0.25) is 0 Å². The number of benzene rings is 2. The monoisotopic (exact) mass is 312 g/mol. The summed E-state index contributed by atoms with van der Waals surface area (Å²) in [6.07, 6.45) is 0. The van der Waals surface area contributed by atoms with Crippen LogP contribution in [0.5, 0.6) is 0 Å². The largest absolute Gasteiger partial charge is 0.422 e. The lowest BCUT2D eigenvalue weighted by molar-refractivity contribution is 0.276. The van der Waals surface area contributed by atoms with Gasteiger partial charge in [0, 0.05) is 5.39 Å². The zero-order valence-electron chi connectivity index (χ0n) is 12.3. The maximum absolute atomic E-state index is 12.2. The molecule has 0 aliphatic heterocycles. The molecule has 5 nitrogen and oxygen atoms in total. The van der Waals surface area contributed by atoms with Gasteiger partial charge in [-0.15, -0.1) is 0 Å². The van der Waals surface area contributed by atoms with E-state index in [1.165, 1.54) is 0 Å². The van der Waals surface area contributed by atoms with E-state index in [1.54, 1.807) is 42.5 Å². The summed E-state index contributed by atoms with van der Waals surface area (Å²) in [6, 6.07) is 11.9. The first-order chi connectivity index (χ1) is 11.2. The first kappa shape index (κ1) is 15.4. The van der Waals surface area contributed by atoms with Crippen molar-refractivity contribution in [1.82, 2.24) is 0 Å². The Hall–Kier alpha value is -2.47. The van der Waals surface area contributed by atoms with Gasteiger partial charge in [-0.05, 0) is 34.4 Å². The summed E-state index contributed by atoms with van der Waals surface area (Å²) in [5.74, 6) is 0. The summed E-state index contributed by atoms with van der Waals surface area (Å²) >= 11 is 0. The summed E-state index contributed by atoms with van der Waals surface area (Å²) in [7, 11) is 0. The van der Waals surface area contributed by atoms with Gasteiger partial charge in [-0.3, -0.25) is 0 Å². The fourth-order valence-electron chi connectivity index (χ4n) is 2.57. The molecule has 5 heteroatoms. The highest BCUT2D eigenvalue weighted by Crippen LogP contribution is 2.25. The molecular formula is C18H16O5. The van der Waals surface area contributed by atoms with E-state index in [-0.39, 0.29) is 19.8 Å². The molecule has 1 aromatic heterocycles. The van der Waals surface area contributed by atoms with Crippen LogP contribution in [0.15, 0.2) is 51.7 Å². The van der Waals surface area contributed by atoms with Gasteiger partial charge in [0.25, 0.3) is 0 Å². The molecule has 1 heterocycles. The molecule has 0 aliphatic rings. The molecule has 118 valence electrons. The molecule has 0 aliphatic carbocycles. The van der Waals surface area contributed by atoms with Gasteiger partial charge in [0.1, 0.15) is 5.58 Å². The Bertz CT molecular complexity index is 894. The summed E-state index contributed by atoms with van der Waals surface area (Å²) in [5, 5.41) is 28.5. The SMILES string of the molecule is O=c1oc2cc(CO)cc(CO)c2cc1-c1ccc(CO)cc1. The van der Waals surface area contributed by atoms with Crippen LogP contribution in [0.1, 0.15) is 16.7 Å². The van der Waals surface area contributed by atoms with Crippen LogP contribution in [0.3, 0.4) is 0 Å². The number of rotatable bonds is 4. The Morgan fingerprint density at radius 1 is 0.826 bits per heavy atom. The Morgan fingerprint density at radius 2 is 1.52 bits per heavy atom. The predicted octanol–water partition coefficient (Wildman–Crippen LogP) is 1.94. The van der Waals surface area contributed by atoms with Crippen LogP contribution in [0.2, 0.25) is 0 Å². The third-order valence-corrected chi connectivity index (χ3v) is 3.80. The van der Waals surface area contributed by atoms with Gasteiger partial charge < -0.3 is 19.7 Å². The van der Waals surface area contributed by atoms with Crippen molar-refractivity contribution in [2.24, 2.45) is 0 Å². The molecule has 0 unspecified atom stereocenters. The summed E-state index contributed by atoms with van der Waals surface area (Å²) in [5.41, 5.74) is 2.81. The van der Waals surface area contributed by atoms with Crippen molar-refractivity contribution in [2.45, 2.75) is 19.8 Å². The fraction of sp³-hybridized carbons (Fsp3) is 0.167. The molecule has 0 bridgehead atoms. The van der Waals surface area contributed by atoms with Crippen molar-refractivity contribution >= 4 is 11.0 Å². The second kappa shape index (κ2) is 6.34. The minimum Gasteiger partial charge on any atom is -0.422 e. The smallest absolute Gasteiger partial charge is 0.344 e. The number of hydrogen-bond donors (Lipinski definition) is 3. The zero-order chi connectivity index (χ0) is 16.4. The highest BCUT2D eigenvalue weighted by Gasteiger charge is 2.12. The van der Waals surface area contributed by atoms with Gasteiger partial charge >= 0.3 is 5.63 Å². The van der Waals surface area contributed by atoms with E-state index in [1.807, 2.05) is 0 Å². The molecule has 0 spiro atoms. The molecule has 0 fully saturated rings. The van der Waals surface area contributed by atoms with E-state index in [4.69, 9.17) is 9.52 Å². The maximum atomic E-state index is 12.2. The highest BCUT2D eigenvalue weighted by molar-refractivity contribution is 5.85.